The minimum absolute atomic E-state index is 0.113. The Labute approximate surface area is 167 Å². The van der Waals surface area contributed by atoms with Gasteiger partial charge in [0.25, 0.3) is 0 Å². The number of hydrogen-bond donors (Lipinski definition) is 1. The van der Waals surface area contributed by atoms with Crippen LogP contribution in [0.5, 0.6) is 0 Å². The molecule has 2 aromatic carbocycles. The second kappa shape index (κ2) is 9.75. The molecule has 2 nitrogen and oxygen atoms in total. The lowest BCUT2D eigenvalue weighted by atomic mass is 9.88. The van der Waals surface area contributed by atoms with E-state index in [2.05, 4.69) is 29.2 Å². The maximum atomic E-state index is 6.57. The van der Waals surface area contributed by atoms with E-state index < -0.39 is 0 Å². The smallest absolute Gasteiger partial charge is 0.0631 e. The van der Waals surface area contributed by atoms with E-state index in [1.54, 1.807) is 0 Å². The number of nitrogens with two attached hydrogens (primary N) is 1. The molecule has 3 rings (SSSR count). The highest BCUT2D eigenvalue weighted by molar-refractivity contribution is 6.32. The summed E-state index contributed by atoms with van der Waals surface area (Å²) in [6.07, 6.45) is 6.15. The number of nitrogens with zero attached hydrogens (tertiary/aromatic N) is 1. The van der Waals surface area contributed by atoms with Gasteiger partial charge in [-0.25, -0.2) is 0 Å². The fraction of sp³-hybridized carbons (Fsp3) is 0.455. The molecule has 0 amide bonds. The third-order valence-corrected chi connectivity index (χ3v) is 6.17. The summed E-state index contributed by atoms with van der Waals surface area (Å²) in [4.78, 5) is 2.54. The van der Waals surface area contributed by atoms with Crippen LogP contribution in [0.1, 0.15) is 49.3 Å². The molecule has 0 saturated carbocycles. The van der Waals surface area contributed by atoms with Crippen molar-refractivity contribution in [2.45, 2.75) is 38.1 Å². The molecule has 2 N–H and O–H groups in total. The lowest BCUT2D eigenvalue weighted by molar-refractivity contribution is 0.146. The van der Waals surface area contributed by atoms with Crippen molar-refractivity contribution in [3.63, 3.8) is 0 Å². The van der Waals surface area contributed by atoms with Crippen LogP contribution >= 0.6 is 23.2 Å². The van der Waals surface area contributed by atoms with Crippen molar-refractivity contribution in [1.29, 1.82) is 0 Å². The van der Waals surface area contributed by atoms with E-state index >= 15 is 0 Å². The van der Waals surface area contributed by atoms with Crippen LogP contribution < -0.4 is 5.73 Å². The second-order valence-corrected chi connectivity index (χ2v) is 8.02. The van der Waals surface area contributed by atoms with E-state index in [1.165, 1.54) is 25.7 Å². The third kappa shape index (κ3) is 4.80. The summed E-state index contributed by atoms with van der Waals surface area (Å²) in [7, 11) is 0. The molecule has 1 aliphatic rings. The normalized spacial score (nSPS) is 16.3. The average Bonchev–Trinajstić information content (AvgIpc) is 2.66. The lowest BCUT2D eigenvalue weighted by Crippen LogP contribution is -2.37. The molecule has 0 bridgehead atoms. The first-order valence-corrected chi connectivity index (χ1v) is 10.4. The first-order valence-electron chi connectivity index (χ1n) is 9.63. The van der Waals surface area contributed by atoms with Crippen LogP contribution in [0, 0.1) is 5.92 Å². The summed E-state index contributed by atoms with van der Waals surface area (Å²) < 4.78 is 0. The zero-order chi connectivity index (χ0) is 18.4. The molecule has 4 heteroatoms. The molecular formula is C22H28Cl2N2. The Morgan fingerprint density at radius 1 is 0.885 bits per heavy atom. The van der Waals surface area contributed by atoms with Gasteiger partial charge in [-0.1, -0.05) is 72.4 Å². The molecule has 0 aromatic heterocycles. The van der Waals surface area contributed by atoms with Gasteiger partial charge in [0.1, 0.15) is 0 Å². The van der Waals surface area contributed by atoms with Crippen molar-refractivity contribution < 1.29 is 0 Å². The Morgan fingerprint density at radius 3 is 1.92 bits per heavy atom. The molecular weight excluding hydrogens is 363 g/mol. The summed E-state index contributed by atoms with van der Waals surface area (Å²) in [5, 5.41) is 1.62. The average molecular weight is 391 g/mol. The van der Waals surface area contributed by atoms with Crippen molar-refractivity contribution in [3.05, 3.63) is 69.7 Å². The summed E-state index contributed by atoms with van der Waals surface area (Å²) in [5.74, 6) is 0.816. The summed E-state index contributed by atoms with van der Waals surface area (Å²) in [6, 6.07) is 16.4. The molecule has 2 aromatic rings. The van der Waals surface area contributed by atoms with Gasteiger partial charge in [0.2, 0.25) is 0 Å². The lowest BCUT2D eigenvalue weighted by Gasteiger charge is -2.38. The molecule has 0 radical (unpaired) electrons. The van der Waals surface area contributed by atoms with E-state index in [-0.39, 0.29) is 6.04 Å². The van der Waals surface area contributed by atoms with Crippen molar-refractivity contribution >= 4 is 23.2 Å². The van der Waals surface area contributed by atoms with Gasteiger partial charge in [-0.2, -0.15) is 0 Å². The Bertz CT molecular complexity index is 651. The van der Waals surface area contributed by atoms with Gasteiger partial charge in [0.05, 0.1) is 6.04 Å². The van der Waals surface area contributed by atoms with Gasteiger partial charge >= 0.3 is 0 Å². The molecule has 140 valence electrons. The number of rotatable bonds is 7. The minimum Gasteiger partial charge on any atom is -0.330 e. The SMILES string of the molecule is NCCCCC1CCN(C(c2ccccc2Cl)c2ccccc2Cl)CC1. The van der Waals surface area contributed by atoms with Crippen molar-refractivity contribution in [2.24, 2.45) is 11.7 Å². The number of hydrogen-bond acceptors (Lipinski definition) is 2. The van der Waals surface area contributed by atoms with Gasteiger partial charge in [-0.15, -0.1) is 0 Å². The molecule has 1 fully saturated rings. The van der Waals surface area contributed by atoms with E-state index in [0.29, 0.717) is 0 Å². The van der Waals surface area contributed by atoms with Gasteiger partial charge < -0.3 is 5.73 Å². The van der Waals surface area contributed by atoms with Gasteiger partial charge in [-0.3, -0.25) is 4.90 Å². The summed E-state index contributed by atoms with van der Waals surface area (Å²) in [5.41, 5.74) is 7.91. The monoisotopic (exact) mass is 390 g/mol. The standard InChI is InChI=1S/C22H28Cl2N2/c23-20-10-3-1-8-18(20)22(19-9-2-4-11-21(19)24)26-15-12-17(13-16-26)7-5-6-14-25/h1-4,8-11,17,22H,5-7,12-16,25H2. The Hall–Kier alpha value is -1.06. The van der Waals surface area contributed by atoms with Crippen molar-refractivity contribution in [1.82, 2.24) is 4.90 Å². The first kappa shape index (κ1) is 19.7. The summed E-state index contributed by atoms with van der Waals surface area (Å²) >= 11 is 13.1. The highest BCUT2D eigenvalue weighted by Gasteiger charge is 2.29. The highest BCUT2D eigenvalue weighted by atomic mass is 35.5. The first-order chi connectivity index (χ1) is 12.7. The van der Waals surface area contributed by atoms with Crippen LogP contribution in [0.2, 0.25) is 10.0 Å². The van der Waals surface area contributed by atoms with E-state index in [1.807, 2.05) is 24.3 Å². The zero-order valence-corrected chi connectivity index (χ0v) is 16.7. The van der Waals surface area contributed by atoms with Crippen LogP contribution in [-0.2, 0) is 0 Å². The predicted molar refractivity (Wildman–Crippen MR) is 112 cm³/mol. The number of benzene rings is 2. The third-order valence-electron chi connectivity index (χ3n) is 5.48. The highest BCUT2D eigenvalue weighted by Crippen LogP contribution is 2.39. The van der Waals surface area contributed by atoms with E-state index in [9.17, 15) is 0 Å². The number of likely N-dealkylation sites (tertiary alicyclic amines) is 1. The molecule has 1 saturated heterocycles. The Kier molecular flexibility index (Phi) is 7.39. The van der Waals surface area contributed by atoms with Crippen LogP contribution in [-0.4, -0.2) is 24.5 Å². The molecule has 0 aliphatic carbocycles. The van der Waals surface area contributed by atoms with Crippen LogP contribution in [0.25, 0.3) is 0 Å². The van der Waals surface area contributed by atoms with Gasteiger partial charge in [0, 0.05) is 10.0 Å². The molecule has 1 aliphatic heterocycles. The van der Waals surface area contributed by atoms with E-state index in [0.717, 1.165) is 53.1 Å². The quantitative estimate of drug-likeness (QED) is 0.594. The van der Waals surface area contributed by atoms with Crippen molar-refractivity contribution in [3.8, 4) is 0 Å². The number of halogens is 2. The van der Waals surface area contributed by atoms with E-state index in [4.69, 9.17) is 28.9 Å². The van der Waals surface area contributed by atoms with Gasteiger partial charge in [0.15, 0.2) is 0 Å². The topological polar surface area (TPSA) is 29.3 Å². The Morgan fingerprint density at radius 2 is 1.42 bits per heavy atom. The van der Waals surface area contributed by atoms with Gasteiger partial charge in [-0.05, 0) is 68.1 Å². The predicted octanol–water partition coefficient (Wildman–Crippen LogP) is 5.92. The Balaban J connectivity index is 1.80. The number of piperidine rings is 1. The largest absolute Gasteiger partial charge is 0.330 e. The summed E-state index contributed by atoms with van der Waals surface area (Å²) in [6.45, 7) is 2.96. The molecule has 0 unspecified atom stereocenters. The molecule has 0 atom stereocenters. The molecule has 26 heavy (non-hydrogen) atoms. The zero-order valence-electron chi connectivity index (χ0n) is 15.2. The maximum Gasteiger partial charge on any atom is 0.0631 e. The molecule has 0 spiro atoms. The second-order valence-electron chi connectivity index (χ2n) is 7.21. The van der Waals surface area contributed by atoms with Crippen LogP contribution in [0.4, 0.5) is 0 Å². The number of unbranched alkanes of at least 4 members (excludes halogenated alkanes) is 1. The van der Waals surface area contributed by atoms with Crippen molar-refractivity contribution in [2.75, 3.05) is 19.6 Å². The molecule has 1 heterocycles. The fourth-order valence-electron chi connectivity index (χ4n) is 4.03. The van der Waals surface area contributed by atoms with Crippen LogP contribution in [0.15, 0.2) is 48.5 Å². The maximum absolute atomic E-state index is 6.57. The minimum atomic E-state index is 0.113. The fourth-order valence-corrected chi connectivity index (χ4v) is 4.51. The van der Waals surface area contributed by atoms with Crippen LogP contribution in [0.3, 0.4) is 0 Å².